The largest absolute Gasteiger partial charge is 0.368 e. The maximum Gasteiger partial charge on any atom is 0.229 e. The van der Waals surface area contributed by atoms with Crippen LogP contribution in [0, 0.1) is 5.92 Å². The zero-order valence-corrected chi connectivity index (χ0v) is 13.3. The molecule has 1 aromatic rings. The SMILES string of the molecule is CCN(Cc1nc(N)nc(N(C)C)n1)C1CCCC1CN. The Morgan fingerprint density at radius 3 is 2.57 bits per heavy atom. The van der Waals surface area contributed by atoms with Crippen molar-refractivity contribution < 1.29 is 0 Å². The molecule has 1 saturated carbocycles. The van der Waals surface area contributed by atoms with E-state index in [9.17, 15) is 0 Å². The molecule has 21 heavy (non-hydrogen) atoms. The molecule has 0 spiro atoms. The summed E-state index contributed by atoms with van der Waals surface area (Å²) in [5.74, 6) is 2.20. The highest BCUT2D eigenvalue weighted by molar-refractivity contribution is 5.32. The molecule has 2 unspecified atom stereocenters. The van der Waals surface area contributed by atoms with E-state index in [-0.39, 0.29) is 5.95 Å². The van der Waals surface area contributed by atoms with Crippen molar-refractivity contribution in [3.8, 4) is 0 Å². The van der Waals surface area contributed by atoms with Crippen LogP contribution >= 0.6 is 0 Å². The number of nitrogens with zero attached hydrogens (tertiary/aromatic N) is 5. The smallest absolute Gasteiger partial charge is 0.229 e. The summed E-state index contributed by atoms with van der Waals surface area (Å²) in [6.07, 6.45) is 3.68. The molecule has 0 saturated heterocycles. The van der Waals surface area contributed by atoms with Crippen molar-refractivity contribution in [2.45, 2.75) is 38.8 Å². The Hall–Kier alpha value is -1.47. The van der Waals surface area contributed by atoms with Gasteiger partial charge in [0.15, 0.2) is 0 Å². The Morgan fingerprint density at radius 1 is 1.19 bits per heavy atom. The summed E-state index contributed by atoms with van der Waals surface area (Å²) in [6, 6.07) is 0.529. The third-order valence-corrected chi connectivity index (χ3v) is 4.23. The monoisotopic (exact) mass is 293 g/mol. The Labute approximate surface area is 126 Å². The number of rotatable bonds is 6. The van der Waals surface area contributed by atoms with Crippen LogP contribution in [0.2, 0.25) is 0 Å². The van der Waals surface area contributed by atoms with Crippen molar-refractivity contribution in [1.29, 1.82) is 0 Å². The Bertz CT molecular complexity index is 463. The highest BCUT2D eigenvalue weighted by Gasteiger charge is 2.30. The second-order valence-electron chi connectivity index (χ2n) is 5.86. The molecule has 1 aliphatic carbocycles. The van der Waals surface area contributed by atoms with E-state index in [2.05, 4.69) is 26.8 Å². The fourth-order valence-corrected chi connectivity index (χ4v) is 3.11. The molecule has 7 nitrogen and oxygen atoms in total. The van der Waals surface area contributed by atoms with Crippen LogP contribution in [0.3, 0.4) is 0 Å². The van der Waals surface area contributed by atoms with Gasteiger partial charge in [0.05, 0.1) is 6.54 Å². The van der Waals surface area contributed by atoms with E-state index in [1.807, 2.05) is 19.0 Å². The van der Waals surface area contributed by atoms with Gasteiger partial charge in [0.2, 0.25) is 11.9 Å². The van der Waals surface area contributed by atoms with Gasteiger partial charge in [-0.1, -0.05) is 13.3 Å². The van der Waals surface area contributed by atoms with Crippen molar-refractivity contribution in [2.24, 2.45) is 11.7 Å². The van der Waals surface area contributed by atoms with Crippen LogP contribution < -0.4 is 16.4 Å². The zero-order valence-electron chi connectivity index (χ0n) is 13.3. The fourth-order valence-electron chi connectivity index (χ4n) is 3.11. The van der Waals surface area contributed by atoms with Crippen molar-refractivity contribution >= 4 is 11.9 Å². The van der Waals surface area contributed by atoms with Gasteiger partial charge >= 0.3 is 0 Å². The van der Waals surface area contributed by atoms with Gasteiger partial charge in [-0.05, 0) is 31.8 Å². The highest BCUT2D eigenvalue weighted by atomic mass is 15.3. The van der Waals surface area contributed by atoms with Crippen molar-refractivity contribution in [1.82, 2.24) is 19.9 Å². The summed E-state index contributed by atoms with van der Waals surface area (Å²) in [7, 11) is 3.80. The normalized spacial score (nSPS) is 22.0. The minimum absolute atomic E-state index is 0.279. The summed E-state index contributed by atoms with van der Waals surface area (Å²) in [5, 5.41) is 0. The van der Waals surface area contributed by atoms with Gasteiger partial charge in [-0.15, -0.1) is 0 Å². The predicted octanol–water partition coefficient (Wildman–Crippen LogP) is 0.469. The quantitative estimate of drug-likeness (QED) is 0.786. The molecule has 0 aliphatic heterocycles. The topological polar surface area (TPSA) is 97.2 Å². The molecule has 1 aliphatic rings. The molecule has 0 aromatic carbocycles. The molecule has 0 bridgehead atoms. The van der Waals surface area contributed by atoms with Gasteiger partial charge in [-0.2, -0.15) is 15.0 Å². The maximum absolute atomic E-state index is 5.90. The average molecular weight is 293 g/mol. The summed E-state index contributed by atoms with van der Waals surface area (Å²) >= 11 is 0. The van der Waals surface area contributed by atoms with E-state index in [4.69, 9.17) is 11.5 Å². The van der Waals surface area contributed by atoms with Crippen molar-refractivity contribution in [3.63, 3.8) is 0 Å². The lowest BCUT2D eigenvalue weighted by Crippen LogP contribution is -2.40. The predicted molar refractivity (Wildman–Crippen MR) is 84.8 cm³/mol. The van der Waals surface area contributed by atoms with Crippen LogP contribution in [0.15, 0.2) is 0 Å². The lowest BCUT2D eigenvalue weighted by atomic mass is 10.0. The van der Waals surface area contributed by atoms with Gasteiger partial charge in [0, 0.05) is 20.1 Å². The standard InChI is InChI=1S/C14H27N7/c1-4-21(11-7-5-6-10(11)8-15)9-12-17-13(16)19-14(18-12)20(2)3/h10-11H,4-9,15H2,1-3H3,(H2,16,17,18,19). The van der Waals surface area contributed by atoms with E-state index in [0.29, 0.717) is 24.5 Å². The molecule has 2 rings (SSSR count). The first-order valence-corrected chi connectivity index (χ1v) is 7.67. The first-order chi connectivity index (χ1) is 10.0. The number of nitrogen functional groups attached to an aromatic ring is 1. The minimum atomic E-state index is 0.279. The van der Waals surface area contributed by atoms with E-state index in [1.165, 1.54) is 19.3 Å². The number of anilines is 2. The summed E-state index contributed by atoms with van der Waals surface area (Å²) < 4.78 is 0. The van der Waals surface area contributed by atoms with Gasteiger partial charge in [0.1, 0.15) is 5.82 Å². The van der Waals surface area contributed by atoms with Gasteiger partial charge < -0.3 is 16.4 Å². The van der Waals surface area contributed by atoms with Crippen LogP contribution in [0.4, 0.5) is 11.9 Å². The van der Waals surface area contributed by atoms with Gasteiger partial charge in [0.25, 0.3) is 0 Å². The molecule has 1 aromatic heterocycles. The van der Waals surface area contributed by atoms with Crippen molar-refractivity contribution in [3.05, 3.63) is 5.82 Å². The van der Waals surface area contributed by atoms with E-state index < -0.39 is 0 Å². The first kappa shape index (κ1) is 15.9. The fraction of sp³-hybridized carbons (Fsp3) is 0.786. The molecule has 1 heterocycles. The van der Waals surface area contributed by atoms with E-state index >= 15 is 0 Å². The van der Waals surface area contributed by atoms with Crippen LogP contribution in [0.25, 0.3) is 0 Å². The summed E-state index contributed by atoms with van der Waals surface area (Å²) in [4.78, 5) is 17.2. The minimum Gasteiger partial charge on any atom is -0.368 e. The molecule has 0 radical (unpaired) electrons. The third-order valence-electron chi connectivity index (χ3n) is 4.23. The number of aromatic nitrogens is 3. The maximum atomic E-state index is 5.90. The summed E-state index contributed by atoms with van der Waals surface area (Å²) in [5.41, 5.74) is 11.7. The zero-order chi connectivity index (χ0) is 15.4. The lowest BCUT2D eigenvalue weighted by molar-refractivity contribution is 0.158. The molecule has 1 fully saturated rings. The van der Waals surface area contributed by atoms with Crippen molar-refractivity contribution in [2.75, 3.05) is 37.8 Å². The molecule has 2 atom stereocenters. The Morgan fingerprint density at radius 2 is 1.95 bits per heavy atom. The van der Waals surface area contributed by atoms with Crippen LogP contribution in [-0.2, 0) is 6.54 Å². The number of nitrogens with two attached hydrogens (primary N) is 2. The average Bonchev–Trinajstić information content (AvgIpc) is 2.92. The number of hydrogen-bond donors (Lipinski definition) is 2. The molecular formula is C14H27N7. The summed E-state index contributed by atoms with van der Waals surface area (Å²) in [6.45, 7) is 4.59. The molecule has 118 valence electrons. The Balaban J connectivity index is 2.14. The van der Waals surface area contributed by atoms with Gasteiger partial charge in [-0.3, -0.25) is 4.90 Å². The molecule has 4 N–H and O–H groups in total. The molecular weight excluding hydrogens is 266 g/mol. The second kappa shape index (κ2) is 7.00. The van der Waals surface area contributed by atoms with Gasteiger partial charge in [-0.25, -0.2) is 0 Å². The van der Waals surface area contributed by atoms with Crippen LogP contribution in [0.5, 0.6) is 0 Å². The second-order valence-corrected chi connectivity index (χ2v) is 5.86. The third kappa shape index (κ3) is 3.79. The Kier molecular flexibility index (Phi) is 5.30. The molecule has 0 amide bonds. The lowest BCUT2D eigenvalue weighted by Gasteiger charge is -2.31. The number of hydrogen-bond acceptors (Lipinski definition) is 7. The van der Waals surface area contributed by atoms with E-state index in [0.717, 1.165) is 18.9 Å². The first-order valence-electron chi connectivity index (χ1n) is 7.67. The molecule has 7 heteroatoms. The highest BCUT2D eigenvalue weighted by Crippen LogP contribution is 2.29. The van der Waals surface area contributed by atoms with E-state index in [1.54, 1.807) is 0 Å². The van der Waals surface area contributed by atoms with Crippen LogP contribution in [0.1, 0.15) is 32.0 Å². The van der Waals surface area contributed by atoms with Crippen LogP contribution in [-0.4, -0.2) is 53.1 Å².